The Hall–Kier alpha value is -3.16. The molecule has 0 radical (unpaired) electrons. The minimum atomic E-state index is -0.351. The number of nitrogens with one attached hydrogen (secondary N) is 1. The van der Waals surface area contributed by atoms with Crippen molar-refractivity contribution in [3.8, 4) is 5.75 Å². The number of carbonyl (C=O) groups is 1. The Morgan fingerprint density at radius 2 is 1.39 bits per heavy atom. The maximum Gasteiger partial charge on any atom is 0.203 e. The first kappa shape index (κ1) is 29.4. The average molecular weight is 581 g/mol. The smallest absolute Gasteiger partial charge is 0.203 e. The molecular formula is C31H38BrN3O3. The highest BCUT2D eigenvalue weighted by Crippen LogP contribution is 2.40. The summed E-state index contributed by atoms with van der Waals surface area (Å²) in [5, 5.41) is 29.8. The molecule has 0 spiro atoms. The van der Waals surface area contributed by atoms with Gasteiger partial charge in [-0.1, -0.05) is 77.9 Å². The van der Waals surface area contributed by atoms with E-state index in [4.69, 9.17) is 5.41 Å². The molecule has 0 aliphatic rings. The summed E-state index contributed by atoms with van der Waals surface area (Å²) < 4.78 is 3.59. The van der Waals surface area contributed by atoms with E-state index in [2.05, 4.69) is 0 Å². The van der Waals surface area contributed by atoms with Gasteiger partial charge in [-0.2, -0.15) is 0 Å². The van der Waals surface area contributed by atoms with E-state index in [1.54, 1.807) is 16.7 Å². The zero-order valence-corrected chi connectivity index (χ0v) is 24.7. The highest BCUT2D eigenvalue weighted by atomic mass is 79.9. The molecule has 1 aromatic heterocycles. The zero-order valence-electron chi connectivity index (χ0n) is 23.0. The summed E-state index contributed by atoms with van der Waals surface area (Å²) in [4.78, 5) is 13.8. The summed E-state index contributed by atoms with van der Waals surface area (Å²) in [6, 6.07) is 19.1. The number of hydrogen-bond donors (Lipinski definition) is 3. The van der Waals surface area contributed by atoms with E-state index in [1.807, 2.05) is 94.6 Å². The number of aliphatic hydroxyl groups excluding tert-OH is 1. The number of aromatic hydroxyl groups is 1. The van der Waals surface area contributed by atoms with Crippen LogP contribution in [0.25, 0.3) is 11.0 Å². The number of benzene rings is 3. The standard InChI is InChI=1S/C31H37N3O3.BrH/c1-30(2,3)23-15-22(16-24(28(23)37)31(4,5)6)27(36)18-34-26-14-21(19-35)12-13-25(26)33(29(34)32)17-20-10-8-7-9-11-20;/h7-16,32,35,37H,17-19H2,1-6H3;1H. The fourth-order valence-electron chi connectivity index (χ4n) is 4.75. The fraction of sp³-hybridized carbons (Fsp3) is 0.355. The maximum atomic E-state index is 13.8. The number of halogens is 1. The molecule has 0 amide bonds. The third-order valence-electron chi connectivity index (χ3n) is 6.85. The molecule has 3 aromatic carbocycles. The monoisotopic (exact) mass is 579 g/mol. The molecule has 0 bridgehead atoms. The molecule has 0 aliphatic carbocycles. The van der Waals surface area contributed by atoms with Gasteiger partial charge in [0.25, 0.3) is 0 Å². The Kier molecular flexibility index (Phi) is 8.44. The number of aromatic nitrogens is 2. The Morgan fingerprint density at radius 1 is 0.816 bits per heavy atom. The van der Waals surface area contributed by atoms with Crippen LogP contribution in [0.4, 0.5) is 0 Å². The number of aliphatic hydroxyl groups is 1. The second-order valence-electron chi connectivity index (χ2n) is 11.8. The molecule has 4 aromatic rings. The van der Waals surface area contributed by atoms with E-state index in [0.29, 0.717) is 12.1 Å². The summed E-state index contributed by atoms with van der Waals surface area (Å²) >= 11 is 0. The minimum absolute atomic E-state index is 0. The fourth-order valence-corrected chi connectivity index (χ4v) is 4.75. The van der Waals surface area contributed by atoms with Gasteiger partial charge < -0.3 is 19.3 Å². The molecule has 0 fully saturated rings. The van der Waals surface area contributed by atoms with Crippen LogP contribution in [0, 0.1) is 5.41 Å². The van der Waals surface area contributed by atoms with Crippen LogP contribution in [0.1, 0.15) is 74.2 Å². The molecule has 202 valence electrons. The number of phenols is 1. The van der Waals surface area contributed by atoms with E-state index >= 15 is 0 Å². The van der Waals surface area contributed by atoms with Crippen molar-refractivity contribution in [2.24, 2.45) is 0 Å². The predicted molar refractivity (Wildman–Crippen MR) is 157 cm³/mol. The Morgan fingerprint density at radius 3 is 1.92 bits per heavy atom. The molecule has 38 heavy (non-hydrogen) atoms. The second kappa shape index (κ2) is 10.9. The van der Waals surface area contributed by atoms with E-state index in [-0.39, 0.29) is 58.1 Å². The van der Waals surface area contributed by atoms with Crippen molar-refractivity contribution in [3.63, 3.8) is 0 Å². The summed E-state index contributed by atoms with van der Waals surface area (Å²) in [5.41, 5.74) is 4.82. The molecule has 0 saturated heterocycles. The van der Waals surface area contributed by atoms with Gasteiger partial charge in [0.2, 0.25) is 5.62 Å². The minimum Gasteiger partial charge on any atom is -0.507 e. The van der Waals surface area contributed by atoms with E-state index < -0.39 is 0 Å². The third-order valence-corrected chi connectivity index (χ3v) is 6.85. The average Bonchev–Trinajstić information content (AvgIpc) is 3.08. The lowest BCUT2D eigenvalue weighted by atomic mass is 9.78. The lowest BCUT2D eigenvalue weighted by Crippen LogP contribution is -2.28. The van der Waals surface area contributed by atoms with Gasteiger partial charge >= 0.3 is 0 Å². The number of hydrogen-bond acceptors (Lipinski definition) is 4. The molecule has 0 aliphatic heterocycles. The quantitative estimate of drug-likeness (QED) is 0.237. The molecule has 7 heteroatoms. The van der Waals surface area contributed by atoms with Crippen molar-refractivity contribution < 1.29 is 15.0 Å². The van der Waals surface area contributed by atoms with Gasteiger partial charge in [0, 0.05) is 16.7 Å². The number of phenolic OH excluding ortho intramolecular Hbond substituents is 1. The van der Waals surface area contributed by atoms with Crippen LogP contribution < -0.4 is 5.62 Å². The summed E-state index contributed by atoms with van der Waals surface area (Å²) in [6.07, 6.45) is 0. The number of imidazole rings is 1. The highest BCUT2D eigenvalue weighted by molar-refractivity contribution is 8.93. The Labute approximate surface area is 234 Å². The van der Waals surface area contributed by atoms with Crippen LogP contribution >= 0.6 is 17.0 Å². The maximum absolute atomic E-state index is 13.8. The Bertz CT molecular complexity index is 1490. The van der Waals surface area contributed by atoms with E-state index in [9.17, 15) is 15.0 Å². The van der Waals surface area contributed by atoms with Gasteiger partial charge in [-0.3, -0.25) is 10.2 Å². The lowest BCUT2D eigenvalue weighted by molar-refractivity contribution is 0.0971. The number of fused-ring (bicyclic) bond motifs is 1. The highest BCUT2D eigenvalue weighted by Gasteiger charge is 2.28. The van der Waals surface area contributed by atoms with Crippen molar-refractivity contribution in [2.45, 2.75) is 72.1 Å². The third kappa shape index (κ3) is 5.79. The molecule has 6 nitrogen and oxygen atoms in total. The summed E-state index contributed by atoms with van der Waals surface area (Å²) in [5.74, 6) is 0.0973. The van der Waals surface area contributed by atoms with Crippen molar-refractivity contribution in [1.82, 2.24) is 9.13 Å². The summed E-state index contributed by atoms with van der Waals surface area (Å²) in [7, 11) is 0. The van der Waals surface area contributed by atoms with Crippen LogP contribution in [-0.4, -0.2) is 25.1 Å². The number of ketones is 1. The first-order valence-corrected chi connectivity index (χ1v) is 12.6. The van der Waals surface area contributed by atoms with Crippen LogP contribution in [0.15, 0.2) is 60.7 Å². The molecule has 0 saturated carbocycles. The molecule has 0 unspecified atom stereocenters. The van der Waals surface area contributed by atoms with Crippen molar-refractivity contribution in [1.29, 1.82) is 5.41 Å². The molecule has 1 heterocycles. The normalized spacial score (nSPS) is 12.0. The largest absolute Gasteiger partial charge is 0.507 e. The second-order valence-corrected chi connectivity index (χ2v) is 11.8. The van der Waals surface area contributed by atoms with Crippen molar-refractivity contribution in [2.75, 3.05) is 0 Å². The van der Waals surface area contributed by atoms with Gasteiger partial charge in [-0.15, -0.1) is 17.0 Å². The topological polar surface area (TPSA) is 91.2 Å². The SMILES string of the molecule is Br.CC(C)(C)c1cc(C(=O)Cn2c(=N)n(Cc3ccccc3)c3ccc(CO)cc32)cc(C(C)(C)C)c1O. The number of carbonyl (C=O) groups excluding carboxylic acids is 1. The van der Waals surface area contributed by atoms with Gasteiger partial charge in [0.1, 0.15) is 5.75 Å². The molecule has 0 atom stereocenters. The predicted octanol–water partition coefficient (Wildman–Crippen LogP) is 6.22. The van der Waals surface area contributed by atoms with Gasteiger partial charge in [0.15, 0.2) is 5.78 Å². The summed E-state index contributed by atoms with van der Waals surface area (Å²) in [6.45, 7) is 12.5. The first-order valence-electron chi connectivity index (χ1n) is 12.6. The molecule has 3 N–H and O–H groups in total. The molecular weight excluding hydrogens is 542 g/mol. The van der Waals surface area contributed by atoms with Crippen LogP contribution in [-0.2, 0) is 30.5 Å². The van der Waals surface area contributed by atoms with Gasteiger partial charge in [0.05, 0.1) is 30.7 Å². The van der Waals surface area contributed by atoms with Crippen LogP contribution in [0.5, 0.6) is 5.75 Å². The van der Waals surface area contributed by atoms with Crippen molar-refractivity contribution in [3.05, 3.63) is 94.1 Å². The first-order chi connectivity index (χ1) is 17.3. The number of Topliss-reactive ketones (excluding diaryl/α,β-unsaturated/α-hetero) is 1. The lowest BCUT2D eigenvalue weighted by Gasteiger charge is -2.28. The number of nitrogens with zero attached hydrogens (tertiary/aromatic N) is 2. The van der Waals surface area contributed by atoms with Crippen molar-refractivity contribution >= 4 is 33.8 Å². The Balaban J connectivity index is 0.00000400. The molecule has 4 rings (SSSR count). The van der Waals surface area contributed by atoms with Crippen LogP contribution in [0.3, 0.4) is 0 Å². The van der Waals surface area contributed by atoms with Gasteiger partial charge in [-0.05, 0) is 46.2 Å². The van der Waals surface area contributed by atoms with Gasteiger partial charge in [-0.25, -0.2) is 0 Å². The number of rotatable bonds is 6. The zero-order chi connectivity index (χ0) is 27.1. The van der Waals surface area contributed by atoms with E-state index in [0.717, 1.165) is 33.3 Å². The van der Waals surface area contributed by atoms with Crippen LogP contribution in [0.2, 0.25) is 0 Å². The van der Waals surface area contributed by atoms with E-state index in [1.165, 1.54) is 0 Å².